The molecule has 0 unspecified atom stereocenters. The van der Waals surface area contributed by atoms with Crippen molar-refractivity contribution in [1.82, 2.24) is 4.98 Å². The number of nitrogens with zero attached hydrogens (tertiary/aromatic N) is 1. The van der Waals surface area contributed by atoms with Gasteiger partial charge < -0.3 is 10.6 Å². The Labute approximate surface area is 184 Å². The van der Waals surface area contributed by atoms with E-state index in [1.807, 2.05) is 48.5 Å². The quantitative estimate of drug-likeness (QED) is 0.413. The molecule has 1 aromatic heterocycles. The number of carbonyl (C=O) groups is 2. The van der Waals surface area contributed by atoms with Gasteiger partial charge >= 0.3 is 0 Å². The third kappa shape index (κ3) is 5.58. The zero-order chi connectivity index (χ0) is 21.5. The van der Waals surface area contributed by atoms with Crippen LogP contribution in [-0.4, -0.2) is 16.8 Å². The lowest BCUT2D eigenvalue weighted by molar-refractivity contribution is 0.101. The topological polar surface area (TPSA) is 71.1 Å². The predicted molar refractivity (Wildman–Crippen MR) is 124 cm³/mol. The number of amides is 2. The fourth-order valence-corrected chi connectivity index (χ4v) is 3.65. The second kappa shape index (κ2) is 9.73. The molecule has 152 valence electrons. The standard InChI is InChI=1S/C25H19N3O2S/c29-24(18-7-2-1-3-8-18)27-20-9-6-10-21(17-20)28-25(30)19-12-14-22(15-13-19)31-23-11-4-5-16-26-23/h1-17H,(H,27,29)(H,28,30). The average molecular weight is 426 g/mol. The van der Waals surface area contributed by atoms with Crippen LogP contribution in [0.15, 0.2) is 113 Å². The van der Waals surface area contributed by atoms with E-state index in [9.17, 15) is 9.59 Å². The van der Waals surface area contributed by atoms with Gasteiger partial charge in [-0.25, -0.2) is 4.98 Å². The van der Waals surface area contributed by atoms with E-state index in [0.717, 1.165) is 9.92 Å². The molecular weight excluding hydrogens is 406 g/mol. The highest BCUT2D eigenvalue weighted by Gasteiger charge is 2.09. The first-order valence-electron chi connectivity index (χ1n) is 9.64. The largest absolute Gasteiger partial charge is 0.322 e. The Morgan fingerprint density at radius 1 is 0.645 bits per heavy atom. The first-order valence-corrected chi connectivity index (χ1v) is 10.5. The second-order valence-electron chi connectivity index (χ2n) is 6.65. The Morgan fingerprint density at radius 2 is 1.26 bits per heavy atom. The molecule has 0 aliphatic carbocycles. The highest BCUT2D eigenvalue weighted by atomic mass is 32.2. The molecule has 0 saturated carbocycles. The minimum Gasteiger partial charge on any atom is -0.322 e. The van der Waals surface area contributed by atoms with Crippen LogP contribution in [0.2, 0.25) is 0 Å². The summed E-state index contributed by atoms with van der Waals surface area (Å²) in [7, 11) is 0. The predicted octanol–water partition coefficient (Wildman–Crippen LogP) is 5.74. The lowest BCUT2D eigenvalue weighted by atomic mass is 10.2. The van der Waals surface area contributed by atoms with E-state index >= 15 is 0 Å². The van der Waals surface area contributed by atoms with Crippen LogP contribution in [0.1, 0.15) is 20.7 Å². The smallest absolute Gasteiger partial charge is 0.255 e. The minimum absolute atomic E-state index is 0.204. The molecule has 0 radical (unpaired) electrons. The van der Waals surface area contributed by atoms with Crippen molar-refractivity contribution in [2.24, 2.45) is 0 Å². The lowest BCUT2D eigenvalue weighted by Gasteiger charge is -2.09. The first kappa shape index (κ1) is 20.4. The molecule has 0 bridgehead atoms. The number of carbonyl (C=O) groups excluding carboxylic acids is 2. The molecule has 1 heterocycles. The Morgan fingerprint density at radius 3 is 1.87 bits per heavy atom. The van der Waals surface area contributed by atoms with E-state index in [1.165, 1.54) is 11.8 Å². The van der Waals surface area contributed by atoms with Gasteiger partial charge in [0.25, 0.3) is 11.8 Å². The molecule has 0 aliphatic rings. The van der Waals surface area contributed by atoms with Crippen LogP contribution in [0.5, 0.6) is 0 Å². The Bertz CT molecular complexity index is 1180. The van der Waals surface area contributed by atoms with Crippen LogP contribution in [0.25, 0.3) is 0 Å². The maximum atomic E-state index is 12.6. The van der Waals surface area contributed by atoms with Gasteiger partial charge in [-0.3, -0.25) is 9.59 Å². The van der Waals surface area contributed by atoms with Gasteiger partial charge in [-0.05, 0) is 66.7 Å². The van der Waals surface area contributed by atoms with Gasteiger partial charge in [0.1, 0.15) is 5.03 Å². The number of rotatable bonds is 6. The molecule has 0 saturated heterocycles. The van der Waals surface area contributed by atoms with Crippen molar-refractivity contribution in [3.05, 3.63) is 114 Å². The number of benzene rings is 3. The summed E-state index contributed by atoms with van der Waals surface area (Å²) in [6.07, 6.45) is 1.75. The summed E-state index contributed by atoms with van der Waals surface area (Å²) in [5.41, 5.74) is 2.32. The zero-order valence-electron chi connectivity index (χ0n) is 16.5. The first-order chi connectivity index (χ1) is 15.2. The second-order valence-corrected chi connectivity index (χ2v) is 7.74. The summed E-state index contributed by atoms with van der Waals surface area (Å²) in [4.78, 5) is 30.2. The summed E-state index contributed by atoms with van der Waals surface area (Å²) >= 11 is 1.53. The highest BCUT2D eigenvalue weighted by Crippen LogP contribution is 2.26. The van der Waals surface area contributed by atoms with Crippen LogP contribution < -0.4 is 10.6 Å². The fraction of sp³-hybridized carbons (Fsp3) is 0. The van der Waals surface area contributed by atoms with Crippen LogP contribution in [0.3, 0.4) is 0 Å². The molecule has 5 nitrogen and oxygen atoms in total. The molecule has 4 aromatic rings. The van der Waals surface area contributed by atoms with Crippen molar-refractivity contribution >= 4 is 35.0 Å². The van der Waals surface area contributed by atoms with E-state index in [1.54, 1.807) is 54.7 Å². The number of hydrogen-bond donors (Lipinski definition) is 2. The summed E-state index contributed by atoms with van der Waals surface area (Å²) in [6.45, 7) is 0. The van der Waals surface area contributed by atoms with Gasteiger partial charge in [0.15, 0.2) is 0 Å². The Kier molecular flexibility index (Phi) is 6.40. The molecule has 6 heteroatoms. The van der Waals surface area contributed by atoms with Crippen molar-refractivity contribution in [3.8, 4) is 0 Å². The molecule has 2 N–H and O–H groups in total. The fourth-order valence-electron chi connectivity index (χ4n) is 2.87. The lowest BCUT2D eigenvalue weighted by Crippen LogP contribution is -2.13. The van der Waals surface area contributed by atoms with E-state index in [-0.39, 0.29) is 11.8 Å². The molecule has 2 amide bonds. The van der Waals surface area contributed by atoms with Crippen molar-refractivity contribution in [2.45, 2.75) is 9.92 Å². The van der Waals surface area contributed by atoms with Gasteiger partial charge in [-0.1, -0.05) is 42.1 Å². The maximum Gasteiger partial charge on any atom is 0.255 e. The van der Waals surface area contributed by atoms with Crippen molar-refractivity contribution in [1.29, 1.82) is 0 Å². The van der Waals surface area contributed by atoms with Crippen molar-refractivity contribution < 1.29 is 9.59 Å². The maximum absolute atomic E-state index is 12.6. The Balaban J connectivity index is 1.39. The minimum atomic E-state index is -0.221. The third-order valence-electron chi connectivity index (χ3n) is 4.39. The number of pyridine rings is 1. The number of hydrogen-bond acceptors (Lipinski definition) is 4. The van der Waals surface area contributed by atoms with Gasteiger partial charge in [0.05, 0.1) is 0 Å². The summed E-state index contributed by atoms with van der Waals surface area (Å²) in [5, 5.41) is 6.61. The zero-order valence-corrected chi connectivity index (χ0v) is 17.3. The van der Waals surface area contributed by atoms with Crippen molar-refractivity contribution in [2.75, 3.05) is 10.6 Å². The summed E-state index contributed by atoms with van der Waals surface area (Å²) in [5.74, 6) is -0.425. The summed E-state index contributed by atoms with van der Waals surface area (Å²) in [6, 6.07) is 29.1. The molecular formula is C25H19N3O2S. The van der Waals surface area contributed by atoms with E-state index in [2.05, 4.69) is 15.6 Å². The molecule has 0 atom stereocenters. The van der Waals surface area contributed by atoms with Gasteiger partial charge in [-0.2, -0.15) is 0 Å². The van der Waals surface area contributed by atoms with Crippen LogP contribution >= 0.6 is 11.8 Å². The van der Waals surface area contributed by atoms with E-state index < -0.39 is 0 Å². The summed E-state index contributed by atoms with van der Waals surface area (Å²) < 4.78 is 0. The molecule has 4 rings (SSSR count). The van der Waals surface area contributed by atoms with Gasteiger partial charge in [0.2, 0.25) is 0 Å². The molecule has 0 aliphatic heterocycles. The van der Waals surface area contributed by atoms with E-state index in [0.29, 0.717) is 22.5 Å². The molecule has 3 aromatic carbocycles. The normalized spacial score (nSPS) is 10.3. The van der Waals surface area contributed by atoms with Crippen LogP contribution in [0.4, 0.5) is 11.4 Å². The van der Waals surface area contributed by atoms with Crippen LogP contribution in [0, 0.1) is 0 Å². The number of anilines is 2. The molecule has 31 heavy (non-hydrogen) atoms. The molecule has 0 spiro atoms. The number of aromatic nitrogens is 1. The Hall–Kier alpha value is -3.90. The highest BCUT2D eigenvalue weighted by molar-refractivity contribution is 7.99. The van der Waals surface area contributed by atoms with Crippen molar-refractivity contribution in [3.63, 3.8) is 0 Å². The number of nitrogens with one attached hydrogen (secondary N) is 2. The average Bonchev–Trinajstić information content (AvgIpc) is 2.81. The van der Waals surface area contributed by atoms with E-state index in [4.69, 9.17) is 0 Å². The third-order valence-corrected chi connectivity index (χ3v) is 5.35. The SMILES string of the molecule is O=C(Nc1cccc(NC(=O)c2ccc(Sc3ccccn3)cc2)c1)c1ccccc1. The van der Waals surface area contributed by atoms with Gasteiger partial charge in [-0.15, -0.1) is 0 Å². The molecule has 0 fully saturated rings. The monoisotopic (exact) mass is 425 g/mol. The van der Waals surface area contributed by atoms with Gasteiger partial charge in [0, 0.05) is 33.6 Å². The van der Waals surface area contributed by atoms with Crippen LogP contribution in [-0.2, 0) is 0 Å².